The van der Waals surface area contributed by atoms with Crippen LogP contribution < -0.4 is 0 Å². The van der Waals surface area contributed by atoms with Crippen molar-refractivity contribution in [1.29, 1.82) is 0 Å². The lowest BCUT2D eigenvalue weighted by Crippen LogP contribution is -2.44. The van der Waals surface area contributed by atoms with E-state index in [1.165, 1.54) is 5.56 Å². The second-order valence-electron chi connectivity index (χ2n) is 5.43. The zero-order chi connectivity index (χ0) is 15.4. The van der Waals surface area contributed by atoms with E-state index in [9.17, 15) is 4.79 Å². The number of nitrogens with zero attached hydrogens (tertiary/aromatic N) is 1. The van der Waals surface area contributed by atoms with Gasteiger partial charge in [0.1, 0.15) is 12.7 Å². The molecular weight excluding hydrogens is 298 g/mol. The lowest BCUT2D eigenvalue weighted by atomic mass is 10.1. The largest absolute Gasteiger partial charge is 0.362 e. The van der Waals surface area contributed by atoms with Crippen molar-refractivity contribution in [2.24, 2.45) is 0 Å². The molecule has 1 saturated heterocycles. The second-order valence-corrected chi connectivity index (χ2v) is 5.86. The van der Waals surface area contributed by atoms with Crippen molar-refractivity contribution >= 4 is 17.5 Å². The fourth-order valence-electron chi connectivity index (χ4n) is 2.62. The van der Waals surface area contributed by atoms with E-state index >= 15 is 0 Å². The third kappa shape index (κ3) is 3.67. The normalized spacial score (nSPS) is 18.5. The molecule has 0 N–H and O–H groups in total. The minimum atomic E-state index is -0.0780. The van der Waals surface area contributed by atoms with E-state index in [4.69, 9.17) is 16.3 Å². The van der Waals surface area contributed by atoms with Gasteiger partial charge in [-0.25, -0.2) is 0 Å². The highest BCUT2D eigenvalue weighted by Crippen LogP contribution is 2.24. The summed E-state index contributed by atoms with van der Waals surface area (Å²) < 4.78 is 5.66. The highest BCUT2D eigenvalue weighted by Gasteiger charge is 2.26. The first kappa shape index (κ1) is 15.1. The second kappa shape index (κ2) is 6.95. The predicted octanol–water partition coefficient (Wildman–Crippen LogP) is 3.48. The molecule has 0 spiro atoms. The van der Waals surface area contributed by atoms with Crippen LogP contribution in [-0.2, 0) is 16.0 Å². The molecular formula is C18H18ClNO2. The number of morpholine rings is 1. The summed E-state index contributed by atoms with van der Waals surface area (Å²) in [5.41, 5.74) is 2.30. The van der Waals surface area contributed by atoms with Gasteiger partial charge in [-0.2, -0.15) is 0 Å². The van der Waals surface area contributed by atoms with Crippen LogP contribution in [0, 0.1) is 0 Å². The maximum Gasteiger partial charge on any atom is 0.248 e. The van der Waals surface area contributed by atoms with Crippen LogP contribution in [0.3, 0.4) is 0 Å². The Morgan fingerprint density at radius 1 is 1.09 bits per heavy atom. The van der Waals surface area contributed by atoms with E-state index in [-0.39, 0.29) is 18.6 Å². The van der Waals surface area contributed by atoms with Crippen molar-refractivity contribution < 1.29 is 9.53 Å². The van der Waals surface area contributed by atoms with Crippen molar-refractivity contribution in [3.05, 3.63) is 70.7 Å². The molecule has 114 valence electrons. The molecule has 1 aliphatic rings. The minimum Gasteiger partial charge on any atom is -0.362 e. The minimum absolute atomic E-state index is 0.0566. The van der Waals surface area contributed by atoms with Crippen molar-refractivity contribution in [3.8, 4) is 0 Å². The SMILES string of the molecule is O=C1COC(c2ccc(Cl)cc2)CN1CCc1ccccc1. The van der Waals surface area contributed by atoms with E-state index < -0.39 is 0 Å². The van der Waals surface area contributed by atoms with E-state index in [2.05, 4.69) is 12.1 Å². The Morgan fingerprint density at radius 2 is 1.82 bits per heavy atom. The summed E-state index contributed by atoms with van der Waals surface area (Å²) in [6.07, 6.45) is 0.783. The zero-order valence-electron chi connectivity index (χ0n) is 12.2. The molecule has 1 heterocycles. The fraction of sp³-hybridized carbons (Fsp3) is 0.278. The summed E-state index contributed by atoms with van der Waals surface area (Å²) in [6, 6.07) is 17.8. The fourth-order valence-corrected chi connectivity index (χ4v) is 2.75. The van der Waals surface area contributed by atoms with Gasteiger partial charge in [0.15, 0.2) is 0 Å². The van der Waals surface area contributed by atoms with Gasteiger partial charge in [0.2, 0.25) is 5.91 Å². The lowest BCUT2D eigenvalue weighted by Gasteiger charge is -2.33. The summed E-state index contributed by atoms with van der Waals surface area (Å²) in [6.45, 7) is 1.45. The summed E-state index contributed by atoms with van der Waals surface area (Å²) in [5.74, 6) is 0.0566. The van der Waals surface area contributed by atoms with E-state index in [0.29, 0.717) is 11.6 Å². The van der Waals surface area contributed by atoms with Crippen LogP contribution in [0.25, 0.3) is 0 Å². The third-order valence-corrected chi connectivity index (χ3v) is 4.15. The van der Waals surface area contributed by atoms with Gasteiger partial charge in [0, 0.05) is 11.6 Å². The molecule has 0 radical (unpaired) electrons. The van der Waals surface area contributed by atoms with Crippen molar-refractivity contribution in [2.75, 3.05) is 19.7 Å². The Bertz CT molecular complexity index is 627. The molecule has 1 fully saturated rings. The van der Waals surface area contributed by atoms with Crippen LogP contribution in [0.1, 0.15) is 17.2 Å². The highest BCUT2D eigenvalue weighted by molar-refractivity contribution is 6.30. The van der Waals surface area contributed by atoms with Gasteiger partial charge in [-0.15, -0.1) is 0 Å². The number of hydrogen-bond donors (Lipinski definition) is 0. The molecule has 0 aliphatic carbocycles. The topological polar surface area (TPSA) is 29.5 Å². The zero-order valence-corrected chi connectivity index (χ0v) is 13.0. The van der Waals surface area contributed by atoms with Gasteiger partial charge in [-0.05, 0) is 29.7 Å². The predicted molar refractivity (Wildman–Crippen MR) is 86.9 cm³/mol. The number of carbonyl (C=O) groups is 1. The van der Waals surface area contributed by atoms with E-state index in [1.807, 2.05) is 47.4 Å². The molecule has 1 amide bonds. The standard InChI is InChI=1S/C18H18ClNO2/c19-16-8-6-15(7-9-16)17-12-20(18(21)13-22-17)11-10-14-4-2-1-3-5-14/h1-9,17H,10-13H2. The van der Waals surface area contributed by atoms with Gasteiger partial charge in [0.05, 0.1) is 6.54 Å². The summed E-state index contributed by atoms with van der Waals surface area (Å²) >= 11 is 5.91. The molecule has 4 heteroatoms. The maximum atomic E-state index is 12.0. The molecule has 1 atom stereocenters. The van der Waals surface area contributed by atoms with Gasteiger partial charge in [-0.1, -0.05) is 54.1 Å². The Labute approximate surface area is 135 Å². The van der Waals surface area contributed by atoms with Crippen LogP contribution in [0.5, 0.6) is 0 Å². The quantitative estimate of drug-likeness (QED) is 0.864. The first-order valence-corrected chi connectivity index (χ1v) is 7.79. The number of hydrogen-bond acceptors (Lipinski definition) is 2. The number of amides is 1. The van der Waals surface area contributed by atoms with Crippen LogP contribution in [0.15, 0.2) is 54.6 Å². The van der Waals surface area contributed by atoms with Crippen molar-refractivity contribution in [2.45, 2.75) is 12.5 Å². The van der Waals surface area contributed by atoms with Gasteiger partial charge >= 0.3 is 0 Å². The molecule has 0 aromatic heterocycles. The third-order valence-electron chi connectivity index (χ3n) is 3.90. The van der Waals surface area contributed by atoms with Gasteiger partial charge in [-0.3, -0.25) is 4.79 Å². The molecule has 0 bridgehead atoms. The molecule has 2 aromatic carbocycles. The highest BCUT2D eigenvalue weighted by atomic mass is 35.5. The maximum absolute atomic E-state index is 12.0. The summed E-state index contributed by atoms with van der Waals surface area (Å²) in [7, 11) is 0. The molecule has 1 aliphatic heterocycles. The molecule has 3 rings (SSSR count). The number of halogens is 1. The average Bonchev–Trinajstić information content (AvgIpc) is 2.56. The Hall–Kier alpha value is -1.84. The van der Waals surface area contributed by atoms with Gasteiger partial charge in [0.25, 0.3) is 0 Å². The Balaban J connectivity index is 1.63. The number of carbonyl (C=O) groups excluding carboxylic acids is 1. The lowest BCUT2D eigenvalue weighted by molar-refractivity contribution is -0.149. The van der Waals surface area contributed by atoms with Crippen molar-refractivity contribution in [3.63, 3.8) is 0 Å². The van der Waals surface area contributed by atoms with Crippen LogP contribution in [-0.4, -0.2) is 30.5 Å². The van der Waals surface area contributed by atoms with Crippen LogP contribution in [0.2, 0.25) is 5.02 Å². The molecule has 22 heavy (non-hydrogen) atoms. The molecule has 1 unspecified atom stereocenters. The summed E-state index contributed by atoms with van der Waals surface area (Å²) in [4.78, 5) is 13.9. The van der Waals surface area contributed by atoms with E-state index in [1.54, 1.807) is 0 Å². The van der Waals surface area contributed by atoms with Crippen LogP contribution >= 0.6 is 11.6 Å². The monoisotopic (exact) mass is 315 g/mol. The number of rotatable bonds is 4. The molecule has 3 nitrogen and oxygen atoms in total. The molecule has 2 aromatic rings. The first-order chi connectivity index (χ1) is 10.7. The van der Waals surface area contributed by atoms with Crippen LogP contribution in [0.4, 0.5) is 0 Å². The Morgan fingerprint density at radius 3 is 2.55 bits per heavy atom. The van der Waals surface area contributed by atoms with E-state index in [0.717, 1.165) is 18.5 Å². The molecule has 0 saturated carbocycles. The number of ether oxygens (including phenoxy) is 1. The smallest absolute Gasteiger partial charge is 0.248 e. The Kier molecular flexibility index (Phi) is 4.76. The van der Waals surface area contributed by atoms with Gasteiger partial charge < -0.3 is 9.64 Å². The average molecular weight is 316 g/mol. The number of benzene rings is 2. The first-order valence-electron chi connectivity index (χ1n) is 7.41. The van der Waals surface area contributed by atoms with Crippen molar-refractivity contribution in [1.82, 2.24) is 4.90 Å². The summed E-state index contributed by atoms with van der Waals surface area (Å²) in [5, 5.41) is 0.705.